The molecule has 0 bridgehead atoms. The summed E-state index contributed by atoms with van der Waals surface area (Å²) in [4.78, 5) is 12.2. The van der Waals surface area contributed by atoms with Gasteiger partial charge in [0.1, 0.15) is 0 Å². The molecule has 0 aliphatic heterocycles. The van der Waals surface area contributed by atoms with Crippen LogP contribution in [0, 0.1) is 28.6 Å². The van der Waals surface area contributed by atoms with Crippen molar-refractivity contribution >= 4 is 5.97 Å². The number of aliphatic hydroxyl groups excluding tert-OH is 1. The van der Waals surface area contributed by atoms with Crippen LogP contribution in [0.3, 0.4) is 0 Å². The summed E-state index contributed by atoms with van der Waals surface area (Å²) in [6.07, 6.45) is 10.0. The van der Waals surface area contributed by atoms with Gasteiger partial charge in [0.25, 0.3) is 0 Å². The zero-order valence-electron chi connectivity index (χ0n) is 14.2. The van der Waals surface area contributed by atoms with E-state index in [0.717, 1.165) is 38.5 Å². The minimum atomic E-state index is -0.0179. The minimum absolute atomic E-state index is 0.0179. The topological polar surface area (TPSA) is 46.5 Å². The summed E-state index contributed by atoms with van der Waals surface area (Å²) < 4.78 is 5.08. The minimum Gasteiger partial charge on any atom is -0.469 e. The quantitative estimate of drug-likeness (QED) is 0.625. The van der Waals surface area contributed by atoms with E-state index in [1.165, 1.54) is 13.5 Å². The highest BCUT2D eigenvalue weighted by atomic mass is 16.5. The third-order valence-electron chi connectivity index (χ3n) is 7.10. The highest BCUT2D eigenvalue weighted by Gasteiger charge is 2.54. The average Bonchev–Trinajstić information content (AvgIpc) is 2.53. The second-order valence-corrected chi connectivity index (χ2v) is 8.19. The summed E-state index contributed by atoms with van der Waals surface area (Å²) in [6.45, 7) is 4.89. The van der Waals surface area contributed by atoms with Gasteiger partial charge in [-0.25, -0.2) is 0 Å². The Bertz CT molecular complexity index is 483. The molecule has 3 aliphatic rings. The van der Waals surface area contributed by atoms with Crippen LogP contribution < -0.4 is 0 Å². The van der Waals surface area contributed by atoms with Gasteiger partial charge in [-0.1, -0.05) is 31.9 Å². The molecule has 3 rings (SSSR count). The van der Waals surface area contributed by atoms with Crippen LogP contribution in [0.1, 0.15) is 58.8 Å². The molecule has 1 N–H and O–H groups in total. The maximum absolute atomic E-state index is 12.2. The summed E-state index contributed by atoms with van der Waals surface area (Å²) in [6, 6.07) is 0. The number of ether oxygens (including phenoxy) is 1. The lowest BCUT2D eigenvalue weighted by Crippen LogP contribution is -2.50. The lowest BCUT2D eigenvalue weighted by atomic mass is 9.47. The highest BCUT2D eigenvalue weighted by molar-refractivity contribution is 5.73. The van der Waals surface area contributed by atoms with Gasteiger partial charge in [0, 0.05) is 6.61 Å². The first-order valence-corrected chi connectivity index (χ1v) is 8.85. The molecule has 0 radical (unpaired) electrons. The van der Waals surface area contributed by atoms with Gasteiger partial charge in [-0.05, 0) is 61.2 Å². The number of allylic oxidation sites excluding steroid dienone is 2. The molecule has 0 aromatic heterocycles. The SMILES string of the molecule is COC(=O)[C@@H]1CCC[C@@]2(C)C3=CCC[C@](C)(CO)[C@@H]3CC[C@@H]12. The third kappa shape index (κ3) is 2.24. The number of esters is 1. The lowest BCUT2D eigenvalue weighted by Gasteiger charge is -2.57. The van der Waals surface area contributed by atoms with Crippen LogP contribution in [0.5, 0.6) is 0 Å². The zero-order chi connectivity index (χ0) is 16.0. The number of carbonyl (C=O) groups excluding carboxylic acids is 1. The summed E-state index contributed by atoms with van der Waals surface area (Å²) in [5.74, 6) is 0.949. The Labute approximate surface area is 134 Å². The molecule has 0 aromatic carbocycles. The number of rotatable bonds is 2. The standard InChI is InChI=1S/C19H30O3/c1-18(12-20)10-5-7-16-15(18)9-8-14-13(17(21)22-3)6-4-11-19(14,16)2/h7,13-15,20H,4-6,8-12H2,1-3H3/t13-,14+,15-,18-,19-/m1/s1. The van der Waals surface area contributed by atoms with Gasteiger partial charge in [-0.3, -0.25) is 4.79 Å². The molecule has 0 amide bonds. The number of carbonyl (C=O) groups is 1. The van der Waals surface area contributed by atoms with Crippen LogP contribution in [0.25, 0.3) is 0 Å². The Hall–Kier alpha value is -0.830. The van der Waals surface area contributed by atoms with E-state index < -0.39 is 0 Å². The predicted molar refractivity (Wildman–Crippen MR) is 86.2 cm³/mol. The summed E-state index contributed by atoms with van der Waals surface area (Å²) in [5, 5.41) is 9.95. The van der Waals surface area contributed by atoms with Crippen molar-refractivity contribution in [3.63, 3.8) is 0 Å². The van der Waals surface area contributed by atoms with E-state index in [0.29, 0.717) is 11.8 Å². The highest BCUT2D eigenvalue weighted by Crippen LogP contribution is 2.62. The van der Waals surface area contributed by atoms with E-state index in [4.69, 9.17) is 4.74 Å². The van der Waals surface area contributed by atoms with Crippen molar-refractivity contribution in [2.45, 2.75) is 58.8 Å². The van der Waals surface area contributed by atoms with Crippen molar-refractivity contribution in [1.82, 2.24) is 0 Å². The largest absolute Gasteiger partial charge is 0.469 e. The number of fused-ring (bicyclic) bond motifs is 3. The summed E-state index contributed by atoms with van der Waals surface area (Å²) in [7, 11) is 1.52. The third-order valence-corrected chi connectivity index (χ3v) is 7.10. The molecule has 3 nitrogen and oxygen atoms in total. The fourth-order valence-corrected chi connectivity index (χ4v) is 5.75. The van der Waals surface area contributed by atoms with Crippen molar-refractivity contribution in [1.29, 1.82) is 0 Å². The molecule has 0 heterocycles. The van der Waals surface area contributed by atoms with Gasteiger partial charge in [-0.15, -0.1) is 0 Å². The van der Waals surface area contributed by atoms with Crippen LogP contribution >= 0.6 is 0 Å². The smallest absolute Gasteiger partial charge is 0.308 e. The van der Waals surface area contributed by atoms with Crippen LogP contribution in [0.2, 0.25) is 0 Å². The van der Waals surface area contributed by atoms with Crippen molar-refractivity contribution in [2.75, 3.05) is 13.7 Å². The van der Waals surface area contributed by atoms with Gasteiger partial charge < -0.3 is 9.84 Å². The molecule has 0 spiro atoms. The van der Waals surface area contributed by atoms with Crippen LogP contribution in [-0.4, -0.2) is 24.8 Å². The molecule has 22 heavy (non-hydrogen) atoms. The first-order chi connectivity index (χ1) is 10.5. The molecular weight excluding hydrogens is 276 g/mol. The van der Waals surface area contributed by atoms with Gasteiger partial charge in [0.2, 0.25) is 0 Å². The van der Waals surface area contributed by atoms with Crippen LogP contribution in [-0.2, 0) is 9.53 Å². The number of hydrogen-bond acceptors (Lipinski definition) is 3. The van der Waals surface area contributed by atoms with Crippen LogP contribution in [0.4, 0.5) is 0 Å². The first-order valence-electron chi connectivity index (χ1n) is 8.85. The van der Waals surface area contributed by atoms with Crippen molar-refractivity contribution in [3.05, 3.63) is 11.6 Å². The maximum atomic E-state index is 12.2. The summed E-state index contributed by atoms with van der Waals surface area (Å²) in [5.41, 5.74) is 1.69. The monoisotopic (exact) mass is 306 g/mol. The van der Waals surface area contributed by atoms with E-state index in [-0.39, 0.29) is 29.3 Å². The molecule has 2 fully saturated rings. The molecule has 2 saturated carbocycles. The molecule has 0 unspecified atom stereocenters. The van der Waals surface area contributed by atoms with E-state index >= 15 is 0 Å². The second kappa shape index (κ2) is 5.67. The van der Waals surface area contributed by atoms with Gasteiger partial charge in [0.15, 0.2) is 0 Å². The normalized spacial score (nSPS) is 44.5. The molecule has 124 valence electrons. The Morgan fingerprint density at radius 1 is 1.32 bits per heavy atom. The molecule has 3 aliphatic carbocycles. The van der Waals surface area contributed by atoms with Gasteiger partial charge in [-0.2, -0.15) is 0 Å². The molecule has 0 aromatic rings. The fraction of sp³-hybridized carbons (Fsp3) is 0.842. The Morgan fingerprint density at radius 2 is 2.09 bits per heavy atom. The van der Waals surface area contributed by atoms with Crippen LogP contribution in [0.15, 0.2) is 11.6 Å². The Morgan fingerprint density at radius 3 is 2.77 bits per heavy atom. The van der Waals surface area contributed by atoms with E-state index in [9.17, 15) is 9.90 Å². The van der Waals surface area contributed by atoms with Crippen molar-refractivity contribution in [3.8, 4) is 0 Å². The molecule has 0 saturated heterocycles. The van der Waals surface area contributed by atoms with Crippen molar-refractivity contribution < 1.29 is 14.6 Å². The number of methoxy groups -OCH3 is 1. The molecular formula is C19H30O3. The average molecular weight is 306 g/mol. The number of aliphatic hydroxyl groups is 1. The molecule has 3 heteroatoms. The number of hydrogen-bond donors (Lipinski definition) is 1. The van der Waals surface area contributed by atoms with Gasteiger partial charge in [0.05, 0.1) is 13.0 Å². The first kappa shape index (κ1) is 16.0. The van der Waals surface area contributed by atoms with E-state index in [2.05, 4.69) is 19.9 Å². The summed E-state index contributed by atoms with van der Waals surface area (Å²) >= 11 is 0. The van der Waals surface area contributed by atoms with Crippen molar-refractivity contribution in [2.24, 2.45) is 28.6 Å². The predicted octanol–water partition coefficient (Wildman–Crippen LogP) is 3.71. The molecule has 5 atom stereocenters. The second-order valence-electron chi connectivity index (χ2n) is 8.19. The van der Waals surface area contributed by atoms with E-state index in [1.54, 1.807) is 5.57 Å². The Balaban J connectivity index is 1.95. The van der Waals surface area contributed by atoms with E-state index in [1.807, 2.05) is 0 Å². The maximum Gasteiger partial charge on any atom is 0.308 e. The lowest BCUT2D eigenvalue weighted by molar-refractivity contribution is -0.152. The zero-order valence-corrected chi connectivity index (χ0v) is 14.2. The fourth-order valence-electron chi connectivity index (χ4n) is 5.75. The van der Waals surface area contributed by atoms with Gasteiger partial charge >= 0.3 is 5.97 Å². The Kier molecular flexibility index (Phi) is 4.13.